The average Bonchev–Trinajstić information content (AvgIpc) is 3.16. The van der Waals surface area contributed by atoms with E-state index in [1.54, 1.807) is 30.4 Å². The Balaban J connectivity index is 1.60. The fraction of sp³-hybridized carbons (Fsp3) is 0.0526. The van der Waals surface area contributed by atoms with Gasteiger partial charge in [-0.1, -0.05) is 30.3 Å². The minimum atomic E-state index is -0.606. The number of oxazole rings is 1. The number of aromatic nitrogens is 1. The largest absolute Gasteiger partial charge is 0.441 e. The molecular formula is C19H12FNO3. The van der Waals surface area contributed by atoms with Crippen LogP contribution in [-0.4, -0.2) is 11.0 Å². The van der Waals surface area contributed by atoms with E-state index < -0.39 is 5.92 Å². The molecule has 3 aromatic rings. The van der Waals surface area contributed by atoms with Crippen LogP contribution in [0.15, 0.2) is 59.1 Å². The van der Waals surface area contributed by atoms with Gasteiger partial charge in [0.15, 0.2) is 0 Å². The zero-order chi connectivity index (χ0) is 16.5. The average molecular weight is 321 g/mol. The maximum Gasteiger partial charge on any atom is 0.326 e. The van der Waals surface area contributed by atoms with Crippen LogP contribution in [0.3, 0.4) is 0 Å². The maximum atomic E-state index is 13.2. The third-order valence-corrected chi connectivity index (χ3v) is 3.77. The number of carbonyl (C=O) groups is 1. The van der Waals surface area contributed by atoms with Crippen molar-refractivity contribution in [3.05, 3.63) is 83.3 Å². The first kappa shape index (κ1) is 14.4. The highest BCUT2D eigenvalue weighted by atomic mass is 19.1. The summed E-state index contributed by atoms with van der Waals surface area (Å²) in [4.78, 5) is 16.2. The number of rotatable bonds is 3. The Bertz CT molecular complexity index is 945. The second kappa shape index (κ2) is 5.77. The van der Waals surface area contributed by atoms with E-state index in [9.17, 15) is 9.18 Å². The number of para-hydroxylation sites is 1. The molecule has 5 heteroatoms. The molecule has 1 aromatic heterocycles. The molecule has 0 fully saturated rings. The molecule has 0 amide bonds. The SMILES string of the molecule is O=C1Oc2ccccc2C1c1cnc(/C=C/c2cccc(F)c2)o1. The second-order valence-corrected chi connectivity index (χ2v) is 5.38. The summed E-state index contributed by atoms with van der Waals surface area (Å²) in [6.45, 7) is 0. The Morgan fingerprint density at radius 1 is 1.08 bits per heavy atom. The summed E-state index contributed by atoms with van der Waals surface area (Å²) >= 11 is 0. The van der Waals surface area contributed by atoms with Crippen molar-refractivity contribution < 1.29 is 18.3 Å². The third kappa shape index (κ3) is 2.60. The highest BCUT2D eigenvalue weighted by Gasteiger charge is 2.36. The predicted molar refractivity (Wildman–Crippen MR) is 85.8 cm³/mol. The standard InChI is InChI=1S/C19H12FNO3/c20-13-5-3-4-12(10-13)8-9-17-21-11-16(23-17)18-14-6-1-2-7-15(14)24-19(18)22/h1-11,18H/b9-8+. The van der Waals surface area contributed by atoms with E-state index in [1.807, 2.05) is 18.2 Å². The van der Waals surface area contributed by atoms with E-state index in [1.165, 1.54) is 18.3 Å². The van der Waals surface area contributed by atoms with Crippen LogP contribution in [0.25, 0.3) is 12.2 Å². The highest BCUT2D eigenvalue weighted by molar-refractivity contribution is 5.88. The monoisotopic (exact) mass is 321 g/mol. The van der Waals surface area contributed by atoms with Gasteiger partial charge in [-0.15, -0.1) is 0 Å². The van der Waals surface area contributed by atoms with Gasteiger partial charge in [0.25, 0.3) is 0 Å². The Kier molecular flexibility index (Phi) is 3.46. The lowest BCUT2D eigenvalue weighted by atomic mass is 9.99. The van der Waals surface area contributed by atoms with Crippen LogP contribution in [0.4, 0.5) is 4.39 Å². The van der Waals surface area contributed by atoms with Crippen LogP contribution in [0.5, 0.6) is 5.75 Å². The molecular weight excluding hydrogens is 309 g/mol. The second-order valence-electron chi connectivity index (χ2n) is 5.38. The molecule has 1 aliphatic rings. The van der Waals surface area contributed by atoms with Crippen molar-refractivity contribution in [2.24, 2.45) is 0 Å². The quantitative estimate of drug-likeness (QED) is 0.540. The first-order valence-electron chi connectivity index (χ1n) is 7.41. The van der Waals surface area contributed by atoms with Gasteiger partial charge < -0.3 is 9.15 Å². The summed E-state index contributed by atoms with van der Waals surface area (Å²) in [7, 11) is 0. The van der Waals surface area contributed by atoms with Gasteiger partial charge in [0, 0.05) is 11.6 Å². The molecule has 0 N–H and O–H groups in total. The van der Waals surface area contributed by atoms with Crippen molar-refractivity contribution >= 4 is 18.1 Å². The first-order chi connectivity index (χ1) is 11.7. The number of ether oxygens (including phenoxy) is 1. The number of esters is 1. The van der Waals surface area contributed by atoms with Gasteiger partial charge in [-0.05, 0) is 29.8 Å². The fourth-order valence-corrected chi connectivity index (χ4v) is 2.66. The summed E-state index contributed by atoms with van der Waals surface area (Å²) in [5.74, 6) is 0.00428. The van der Waals surface area contributed by atoms with Crippen LogP contribution in [0.2, 0.25) is 0 Å². The fourth-order valence-electron chi connectivity index (χ4n) is 2.66. The van der Waals surface area contributed by atoms with Gasteiger partial charge >= 0.3 is 5.97 Å². The van der Waals surface area contributed by atoms with E-state index in [4.69, 9.17) is 9.15 Å². The Labute approximate surface area is 137 Å². The lowest BCUT2D eigenvalue weighted by Crippen LogP contribution is -2.10. The van der Waals surface area contributed by atoms with Gasteiger partial charge in [-0.25, -0.2) is 9.37 Å². The van der Waals surface area contributed by atoms with Crippen molar-refractivity contribution in [1.82, 2.24) is 4.98 Å². The molecule has 0 saturated heterocycles. The smallest absolute Gasteiger partial charge is 0.326 e. The molecule has 0 spiro atoms. The zero-order valence-corrected chi connectivity index (χ0v) is 12.5. The number of halogens is 1. The summed E-state index contributed by atoms with van der Waals surface area (Å²) in [5, 5.41) is 0. The predicted octanol–water partition coefficient (Wildman–Crippen LogP) is 4.04. The van der Waals surface area contributed by atoms with Crippen LogP contribution in [-0.2, 0) is 4.79 Å². The van der Waals surface area contributed by atoms with Crippen molar-refractivity contribution in [3.63, 3.8) is 0 Å². The Morgan fingerprint density at radius 2 is 1.96 bits per heavy atom. The normalized spacial score (nSPS) is 16.4. The van der Waals surface area contributed by atoms with Gasteiger partial charge in [0.05, 0.1) is 6.20 Å². The molecule has 0 radical (unpaired) electrons. The number of hydrogen-bond acceptors (Lipinski definition) is 4. The number of carbonyl (C=O) groups excluding carboxylic acids is 1. The van der Waals surface area contributed by atoms with Crippen LogP contribution < -0.4 is 4.74 Å². The van der Waals surface area contributed by atoms with E-state index in [2.05, 4.69) is 4.98 Å². The third-order valence-electron chi connectivity index (χ3n) is 3.77. The summed E-state index contributed by atoms with van der Waals surface area (Å²) < 4.78 is 24.1. The molecule has 2 heterocycles. The Morgan fingerprint density at radius 3 is 2.83 bits per heavy atom. The minimum Gasteiger partial charge on any atom is -0.441 e. The summed E-state index contributed by atoms with van der Waals surface area (Å²) in [5.41, 5.74) is 1.46. The molecule has 1 atom stereocenters. The van der Waals surface area contributed by atoms with Crippen LogP contribution in [0.1, 0.15) is 28.7 Å². The van der Waals surface area contributed by atoms with Gasteiger partial charge in [0.2, 0.25) is 5.89 Å². The van der Waals surface area contributed by atoms with Gasteiger partial charge in [0.1, 0.15) is 23.2 Å². The Hall–Kier alpha value is -3.21. The van der Waals surface area contributed by atoms with Crippen molar-refractivity contribution in [2.75, 3.05) is 0 Å². The number of benzene rings is 2. The van der Waals surface area contributed by atoms with Crippen molar-refractivity contribution in [3.8, 4) is 5.75 Å². The number of fused-ring (bicyclic) bond motifs is 1. The molecule has 1 unspecified atom stereocenters. The first-order valence-corrected chi connectivity index (χ1v) is 7.41. The summed E-state index contributed by atoms with van der Waals surface area (Å²) in [6, 6.07) is 13.4. The van der Waals surface area contributed by atoms with Gasteiger partial charge in [-0.2, -0.15) is 0 Å². The van der Waals surface area contributed by atoms with E-state index in [0.717, 1.165) is 5.56 Å². The highest BCUT2D eigenvalue weighted by Crippen LogP contribution is 2.39. The number of hydrogen-bond donors (Lipinski definition) is 0. The molecule has 4 nitrogen and oxygen atoms in total. The number of nitrogens with zero attached hydrogens (tertiary/aromatic N) is 1. The maximum absolute atomic E-state index is 13.2. The molecule has 0 aliphatic carbocycles. The van der Waals surface area contributed by atoms with E-state index in [-0.39, 0.29) is 11.8 Å². The van der Waals surface area contributed by atoms with Crippen LogP contribution in [0, 0.1) is 5.82 Å². The van der Waals surface area contributed by atoms with E-state index >= 15 is 0 Å². The molecule has 118 valence electrons. The molecule has 1 aliphatic heterocycles. The van der Waals surface area contributed by atoms with Crippen LogP contribution >= 0.6 is 0 Å². The molecule has 4 rings (SSSR count). The lowest BCUT2D eigenvalue weighted by Gasteiger charge is -2.01. The zero-order valence-electron chi connectivity index (χ0n) is 12.5. The topological polar surface area (TPSA) is 52.3 Å². The molecule has 2 aromatic carbocycles. The lowest BCUT2D eigenvalue weighted by molar-refractivity contribution is -0.133. The molecule has 0 bridgehead atoms. The van der Waals surface area contributed by atoms with Gasteiger partial charge in [-0.3, -0.25) is 4.79 Å². The summed E-state index contributed by atoms with van der Waals surface area (Å²) in [6.07, 6.45) is 4.84. The van der Waals surface area contributed by atoms with Crippen molar-refractivity contribution in [1.29, 1.82) is 0 Å². The van der Waals surface area contributed by atoms with Crippen molar-refractivity contribution in [2.45, 2.75) is 5.92 Å². The minimum absolute atomic E-state index is 0.310. The molecule has 0 saturated carbocycles. The molecule has 24 heavy (non-hydrogen) atoms. The van der Waals surface area contributed by atoms with E-state index in [0.29, 0.717) is 23.0 Å².